The van der Waals surface area contributed by atoms with E-state index in [0.29, 0.717) is 0 Å². The third kappa shape index (κ3) is 59.4. The van der Waals surface area contributed by atoms with E-state index in [0.717, 1.165) is 0 Å². The molecule has 0 heterocycles. The molecule has 2 nitrogen and oxygen atoms in total. The van der Waals surface area contributed by atoms with Crippen molar-refractivity contribution < 1.29 is 16.8 Å². The van der Waals surface area contributed by atoms with Crippen LogP contribution in [0, 0.1) is 0 Å². The van der Waals surface area contributed by atoms with Crippen LogP contribution < -0.4 is 0 Å². The largest absolute Gasteiger partial charge is 2.00 e. The third-order valence-electron chi connectivity index (χ3n) is 1.34. The second-order valence-corrected chi connectivity index (χ2v) is 32.6. The van der Waals surface area contributed by atoms with E-state index in [1.54, 1.807) is 0 Å². The first-order valence-corrected chi connectivity index (χ1v) is 25.2. The fraction of sp³-hybridized carbons (Fsp3) is 1.00. The predicted octanol–water partition coefficient (Wildman–Crippen LogP) is 7.15. The van der Waals surface area contributed by atoms with Crippen LogP contribution in [-0.2, 0) is 16.8 Å². The molecule has 0 aromatic heterocycles. The van der Waals surface area contributed by atoms with E-state index in [1.807, 2.05) is 0 Å². The van der Waals surface area contributed by atoms with Crippen molar-refractivity contribution in [1.29, 1.82) is 0 Å². The molecule has 0 fully saturated rings. The second kappa shape index (κ2) is 13.0. The Morgan fingerprint density at radius 1 is 0.435 bits per heavy atom. The summed E-state index contributed by atoms with van der Waals surface area (Å²) in [6.45, 7) is 34.4. The van der Waals surface area contributed by atoms with Crippen molar-refractivity contribution >= 4 is 40.9 Å². The molecule has 0 aromatic rings. The molecular weight excluding hydrogens is 410 g/mol. The van der Waals surface area contributed by atoms with Crippen LogP contribution in [0.4, 0.5) is 0 Å². The number of nitrogens with zero attached hydrogens (tertiary/aromatic N) is 2. The van der Waals surface area contributed by atoms with Gasteiger partial charge in [0.25, 0.3) is 0 Å². The molecule has 0 spiro atoms. The molecule has 0 amide bonds. The smallest absolute Gasteiger partial charge is 0.668 e. The van der Waals surface area contributed by atoms with E-state index in [9.17, 15) is 0 Å². The first-order chi connectivity index (χ1) is 9.15. The molecule has 0 aliphatic heterocycles. The minimum absolute atomic E-state index is 0. The van der Waals surface area contributed by atoms with E-state index in [-0.39, 0.29) is 24.7 Å². The van der Waals surface area contributed by atoms with Crippen LogP contribution in [0.2, 0.25) is 78.6 Å². The van der Waals surface area contributed by atoms with E-state index in [4.69, 9.17) is 9.30 Å². The summed E-state index contributed by atoms with van der Waals surface area (Å²) in [7, 11) is -4.30. The SMILES string of the molecule is C[PH+](C)C.C[Si](C)(C)[N-][Si](C)(C)C.C[Si](C)(C)[N-][Si](C)(C)C.[Co+2]. The summed E-state index contributed by atoms with van der Waals surface area (Å²) in [5, 5.41) is 0. The van der Waals surface area contributed by atoms with Crippen LogP contribution in [0.15, 0.2) is 0 Å². The summed E-state index contributed by atoms with van der Waals surface area (Å²) < 4.78 is 9.64. The molecule has 0 aromatic carbocycles. The summed E-state index contributed by atoms with van der Waals surface area (Å²) in [5.41, 5.74) is 0. The van der Waals surface area contributed by atoms with Crippen LogP contribution in [0.3, 0.4) is 0 Å². The Kier molecular flexibility index (Phi) is 18.3. The van der Waals surface area contributed by atoms with Gasteiger partial charge in [-0.05, 0) is 7.92 Å². The molecule has 1 radical (unpaired) electrons. The molecule has 23 heavy (non-hydrogen) atoms. The van der Waals surface area contributed by atoms with Crippen LogP contribution in [0.1, 0.15) is 0 Å². The molecule has 0 atom stereocenters. The van der Waals surface area contributed by atoms with Crippen molar-refractivity contribution in [2.75, 3.05) is 20.0 Å². The predicted molar refractivity (Wildman–Crippen MR) is 126 cm³/mol. The Labute approximate surface area is 165 Å². The van der Waals surface area contributed by atoms with Gasteiger partial charge in [0.1, 0.15) is 0 Å². The molecule has 0 aliphatic rings. The normalized spacial score (nSPS) is 12.5. The fourth-order valence-electron chi connectivity index (χ4n) is 2.01. The van der Waals surface area contributed by atoms with Gasteiger partial charge in [-0.2, -0.15) is 0 Å². The van der Waals surface area contributed by atoms with Crippen molar-refractivity contribution in [2.24, 2.45) is 0 Å². The molecule has 0 unspecified atom stereocenters. The van der Waals surface area contributed by atoms with Crippen LogP contribution >= 0.6 is 7.92 Å². The summed E-state index contributed by atoms with van der Waals surface area (Å²) in [6.07, 6.45) is 0. The molecule has 0 saturated carbocycles. The molecular formula is C15H46CoN2PSi4+. The molecule has 0 aliphatic carbocycles. The number of hydrogen-bond acceptors (Lipinski definition) is 0. The van der Waals surface area contributed by atoms with Crippen molar-refractivity contribution in [3.8, 4) is 0 Å². The minimum Gasteiger partial charge on any atom is -0.668 e. The summed E-state index contributed by atoms with van der Waals surface area (Å²) in [4.78, 5) is 0. The summed E-state index contributed by atoms with van der Waals surface area (Å²) >= 11 is 0. The topological polar surface area (TPSA) is 28.2 Å². The minimum atomic E-state index is -1.11. The molecule has 145 valence electrons. The van der Waals surface area contributed by atoms with Gasteiger partial charge in [0.15, 0.2) is 0 Å². The second-order valence-electron chi connectivity index (χ2n) is 10.4. The van der Waals surface area contributed by atoms with Gasteiger partial charge < -0.3 is 9.30 Å². The standard InChI is InChI=1S/2C6H18NSi2.C3H9P.Co/c2*1-8(2,3)7-9(4,5)6;1-4(2)3;/h2*1-6H3;1-3H3;/q2*-1;;+2/p+1. The molecule has 0 N–H and O–H groups in total. The first kappa shape index (κ1) is 32.4. The Balaban J connectivity index is -0.000000124. The molecule has 0 rings (SSSR count). The van der Waals surface area contributed by atoms with Gasteiger partial charge in [-0.15, -0.1) is 0 Å². The quantitative estimate of drug-likeness (QED) is 0.317. The zero-order valence-electron chi connectivity index (χ0n) is 18.7. The first-order valence-electron chi connectivity index (χ1n) is 8.39. The Morgan fingerprint density at radius 2 is 0.522 bits per heavy atom. The number of hydrogen-bond donors (Lipinski definition) is 0. The monoisotopic (exact) mass is 456 g/mol. The van der Waals surface area contributed by atoms with Crippen LogP contribution in [0.5, 0.6) is 0 Å². The average molecular weight is 457 g/mol. The molecule has 8 heteroatoms. The van der Waals surface area contributed by atoms with E-state index in [1.165, 1.54) is 0 Å². The van der Waals surface area contributed by atoms with Gasteiger partial charge in [-0.3, -0.25) is 0 Å². The van der Waals surface area contributed by atoms with Gasteiger partial charge in [-0.25, -0.2) is 0 Å². The van der Waals surface area contributed by atoms with Gasteiger partial charge in [-0.1, -0.05) is 112 Å². The van der Waals surface area contributed by atoms with Crippen molar-refractivity contribution in [1.82, 2.24) is 0 Å². The Hall–Kier alpha value is 1.72. The van der Waals surface area contributed by atoms with E-state index in [2.05, 4.69) is 98.6 Å². The maximum Gasteiger partial charge on any atom is 2.00 e. The van der Waals surface area contributed by atoms with Crippen molar-refractivity contribution in [3.05, 3.63) is 9.30 Å². The third-order valence-corrected chi connectivity index (χ3v) is 12.1. The summed E-state index contributed by atoms with van der Waals surface area (Å²) in [5.74, 6) is 0. The van der Waals surface area contributed by atoms with Gasteiger partial charge in [0, 0.05) is 20.0 Å². The zero-order valence-corrected chi connectivity index (χ0v) is 24.8. The maximum atomic E-state index is 4.82. The number of rotatable bonds is 4. The van der Waals surface area contributed by atoms with Crippen molar-refractivity contribution in [3.63, 3.8) is 0 Å². The van der Waals surface area contributed by atoms with Gasteiger partial charge >= 0.3 is 16.8 Å². The molecule has 0 saturated heterocycles. The van der Waals surface area contributed by atoms with Crippen LogP contribution in [0.25, 0.3) is 9.30 Å². The maximum absolute atomic E-state index is 4.82. The van der Waals surface area contributed by atoms with E-state index < -0.39 is 32.9 Å². The van der Waals surface area contributed by atoms with Gasteiger partial charge in [0.2, 0.25) is 0 Å². The molecule has 0 bridgehead atoms. The van der Waals surface area contributed by atoms with E-state index >= 15 is 0 Å². The van der Waals surface area contributed by atoms with Gasteiger partial charge in [0.05, 0.1) is 0 Å². The fourth-order valence-corrected chi connectivity index (χ4v) is 18.1. The van der Waals surface area contributed by atoms with Crippen molar-refractivity contribution in [2.45, 2.75) is 78.6 Å². The Morgan fingerprint density at radius 3 is 0.522 bits per heavy atom. The summed E-state index contributed by atoms with van der Waals surface area (Å²) in [6, 6.07) is 0. The zero-order chi connectivity index (χ0) is 19.0. The average Bonchev–Trinajstić information content (AvgIpc) is 1.84. The van der Waals surface area contributed by atoms with Crippen LogP contribution in [-0.4, -0.2) is 52.9 Å². The Bertz CT molecular complexity index is 224.